The number of nitrogens with two attached hydrogens (primary N) is 1. The molecule has 5 heteroatoms. The van der Waals surface area contributed by atoms with E-state index in [1.54, 1.807) is 5.48 Å². The number of nitrogens with one attached hydrogen (secondary N) is 1. The van der Waals surface area contributed by atoms with Gasteiger partial charge in [0.15, 0.2) is 0 Å². The molecule has 0 unspecified atom stereocenters. The zero-order chi connectivity index (χ0) is 11.6. The molecule has 82 valence electrons. The minimum Gasteiger partial charge on any atom is -0.367 e. The monoisotopic (exact) mass is 216 g/mol. The van der Waals surface area contributed by atoms with Crippen molar-refractivity contribution in [2.45, 2.75) is 6.42 Å². The van der Waals surface area contributed by atoms with Gasteiger partial charge in [0, 0.05) is 18.2 Å². The summed E-state index contributed by atoms with van der Waals surface area (Å²) in [5, 5.41) is 15.3. The normalized spacial score (nSPS) is 10.9. The van der Waals surface area contributed by atoms with Crippen LogP contribution in [-0.2, 0) is 0 Å². The Labute approximate surface area is 93.7 Å². The highest BCUT2D eigenvalue weighted by atomic mass is 16.5. The van der Waals surface area contributed by atoms with Crippen molar-refractivity contribution in [1.29, 1.82) is 0 Å². The van der Waals surface area contributed by atoms with E-state index in [4.69, 9.17) is 10.9 Å². The third-order valence-electron chi connectivity index (χ3n) is 1.56. The van der Waals surface area contributed by atoms with Gasteiger partial charge in [0.1, 0.15) is 0 Å². The highest BCUT2D eigenvalue weighted by Crippen LogP contribution is 1.94. The Morgan fingerprint density at radius 3 is 2.88 bits per heavy atom. The molecule has 0 spiro atoms. The van der Waals surface area contributed by atoms with Gasteiger partial charge in [0.25, 0.3) is 0 Å². The van der Waals surface area contributed by atoms with Crippen LogP contribution >= 0.6 is 0 Å². The molecule has 0 saturated heterocycles. The quantitative estimate of drug-likeness (QED) is 0.294. The van der Waals surface area contributed by atoms with Crippen molar-refractivity contribution in [3.05, 3.63) is 35.9 Å². The second-order valence-electron chi connectivity index (χ2n) is 2.77. The van der Waals surface area contributed by atoms with E-state index >= 15 is 0 Å². The number of hydroxylamine groups is 1. The number of guanidine groups is 1. The molecule has 0 heterocycles. The minimum atomic E-state index is -0.160. The fraction of sp³-hybridized carbons (Fsp3) is 0.0909. The van der Waals surface area contributed by atoms with Crippen molar-refractivity contribution in [2.75, 3.05) is 0 Å². The van der Waals surface area contributed by atoms with E-state index < -0.39 is 0 Å². The summed E-state index contributed by atoms with van der Waals surface area (Å²) in [5.74, 6) is 5.70. The summed E-state index contributed by atoms with van der Waals surface area (Å²) in [4.78, 5) is 0. The first-order valence-electron chi connectivity index (χ1n) is 4.62. The molecule has 0 saturated carbocycles. The van der Waals surface area contributed by atoms with Crippen LogP contribution in [0, 0.1) is 11.8 Å². The first-order chi connectivity index (χ1) is 7.83. The molecular formula is C11H12N4O. The average molecular weight is 216 g/mol. The van der Waals surface area contributed by atoms with Gasteiger partial charge >= 0.3 is 0 Å². The van der Waals surface area contributed by atoms with Crippen molar-refractivity contribution >= 4 is 12.2 Å². The standard InChI is InChI=1S/C11H12N4O/c12-11(15-16)14-13-9-5-4-8-10-6-2-1-3-7-10/h1-3,6-7,9,16H,5H2,(H3,12,14,15)/b13-9+. The van der Waals surface area contributed by atoms with Crippen LogP contribution in [0.15, 0.2) is 40.5 Å². The van der Waals surface area contributed by atoms with Gasteiger partial charge in [-0.1, -0.05) is 30.0 Å². The van der Waals surface area contributed by atoms with E-state index in [1.165, 1.54) is 6.21 Å². The summed E-state index contributed by atoms with van der Waals surface area (Å²) in [6, 6.07) is 9.64. The van der Waals surface area contributed by atoms with E-state index in [0.29, 0.717) is 6.42 Å². The van der Waals surface area contributed by atoms with Gasteiger partial charge in [-0.25, -0.2) is 5.48 Å². The number of benzene rings is 1. The molecule has 0 radical (unpaired) electrons. The van der Waals surface area contributed by atoms with Crippen LogP contribution in [0.3, 0.4) is 0 Å². The molecule has 0 amide bonds. The third-order valence-corrected chi connectivity index (χ3v) is 1.56. The first kappa shape index (κ1) is 11.8. The third kappa shape index (κ3) is 4.79. The molecule has 0 bridgehead atoms. The molecule has 0 aliphatic rings. The van der Waals surface area contributed by atoms with E-state index in [0.717, 1.165) is 5.56 Å². The molecule has 0 aliphatic heterocycles. The summed E-state index contributed by atoms with van der Waals surface area (Å²) in [6.07, 6.45) is 1.97. The maximum absolute atomic E-state index is 8.28. The van der Waals surface area contributed by atoms with Crippen LogP contribution in [0.5, 0.6) is 0 Å². The van der Waals surface area contributed by atoms with Crippen molar-refractivity contribution in [3.8, 4) is 11.8 Å². The van der Waals surface area contributed by atoms with Gasteiger partial charge in [-0.05, 0) is 12.1 Å². The molecule has 0 fully saturated rings. The van der Waals surface area contributed by atoms with Gasteiger partial charge in [0.05, 0.1) is 0 Å². The second-order valence-corrected chi connectivity index (χ2v) is 2.77. The van der Waals surface area contributed by atoms with Crippen LogP contribution in [0.4, 0.5) is 0 Å². The van der Waals surface area contributed by atoms with Crippen molar-refractivity contribution in [1.82, 2.24) is 5.48 Å². The topological polar surface area (TPSA) is 83.0 Å². The minimum absolute atomic E-state index is 0.160. The molecule has 1 aromatic carbocycles. The van der Waals surface area contributed by atoms with E-state index in [1.807, 2.05) is 30.3 Å². The highest BCUT2D eigenvalue weighted by Gasteiger charge is 1.81. The highest BCUT2D eigenvalue weighted by molar-refractivity contribution is 5.77. The Balaban J connectivity index is 2.39. The molecule has 0 aromatic heterocycles. The molecule has 16 heavy (non-hydrogen) atoms. The lowest BCUT2D eigenvalue weighted by Gasteiger charge is -1.89. The largest absolute Gasteiger partial charge is 0.367 e. The van der Waals surface area contributed by atoms with Crippen LogP contribution in [0.1, 0.15) is 12.0 Å². The Morgan fingerprint density at radius 1 is 1.44 bits per heavy atom. The van der Waals surface area contributed by atoms with Gasteiger partial charge < -0.3 is 5.73 Å². The molecular weight excluding hydrogens is 204 g/mol. The summed E-state index contributed by atoms with van der Waals surface area (Å²) in [7, 11) is 0. The Hall–Kier alpha value is -2.32. The fourth-order valence-corrected chi connectivity index (χ4v) is 0.886. The van der Waals surface area contributed by atoms with Gasteiger partial charge in [-0.3, -0.25) is 5.21 Å². The molecule has 4 N–H and O–H groups in total. The van der Waals surface area contributed by atoms with Gasteiger partial charge in [-0.2, -0.15) is 5.10 Å². The van der Waals surface area contributed by atoms with Gasteiger partial charge in [0.2, 0.25) is 5.96 Å². The maximum atomic E-state index is 8.28. The van der Waals surface area contributed by atoms with Crippen LogP contribution < -0.4 is 11.2 Å². The van der Waals surface area contributed by atoms with E-state index in [-0.39, 0.29) is 5.96 Å². The van der Waals surface area contributed by atoms with E-state index in [2.05, 4.69) is 22.0 Å². The zero-order valence-corrected chi connectivity index (χ0v) is 8.59. The number of hydrogen-bond acceptors (Lipinski definition) is 3. The molecule has 1 aromatic rings. The zero-order valence-electron chi connectivity index (χ0n) is 8.59. The summed E-state index contributed by atoms with van der Waals surface area (Å²) >= 11 is 0. The predicted octanol–water partition coefficient (Wildman–Crippen LogP) is 0.708. The Bertz CT molecular complexity index is 428. The lowest BCUT2D eigenvalue weighted by atomic mass is 10.2. The Morgan fingerprint density at radius 2 is 2.19 bits per heavy atom. The van der Waals surface area contributed by atoms with Crippen LogP contribution in [0.2, 0.25) is 0 Å². The summed E-state index contributed by atoms with van der Waals surface area (Å²) in [6.45, 7) is 0. The fourth-order valence-electron chi connectivity index (χ4n) is 0.886. The van der Waals surface area contributed by atoms with Crippen LogP contribution in [-0.4, -0.2) is 17.4 Å². The molecule has 0 aliphatic carbocycles. The number of hydrogen-bond donors (Lipinski definition) is 3. The maximum Gasteiger partial charge on any atom is 0.237 e. The lowest BCUT2D eigenvalue weighted by molar-refractivity contribution is 0.232. The molecule has 1 rings (SSSR count). The van der Waals surface area contributed by atoms with Crippen LogP contribution in [0.25, 0.3) is 0 Å². The summed E-state index contributed by atoms with van der Waals surface area (Å²) < 4.78 is 0. The SMILES string of the molecule is N/C(=N/N=C/CC#Cc1ccccc1)NO. The van der Waals surface area contributed by atoms with Crippen molar-refractivity contribution < 1.29 is 5.21 Å². The number of rotatable bonds is 2. The number of nitrogens with zero attached hydrogens (tertiary/aromatic N) is 2. The summed E-state index contributed by atoms with van der Waals surface area (Å²) in [5.41, 5.74) is 7.73. The smallest absolute Gasteiger partial charge is 0.237 e. The van der Waals surface area contributed by atoms with Gasteiger partial charge in [-0.15, -0.1) is 5.10 Å². The van der Waals surface area contributed by atoms with Crippen molar-refractivity contribution in [2.24, 2.45) is 15.9 Å². The molecule has 0 atom stereocenters. The Kier molecular flexibility index (Phi) is 5.17. The van der Waals surface area contributed by atoms with Crippen molar-refractivity contribution in [3.63, 3.8) is 0 Å². The first-order valence-corrected chi connectivity index (χ1v) is 4.62. The molecule has 5 nitrogen and oxygen atoms in total. The lowest BCUT2D eigenvalue weighted by Crippen LogP contribution is -2.27. The average Bonchev–Trinajstić information content (AvgIpc) is 2.34. The van der Waals surface area contributed by atoms with E-state index in [9.17, 15) is 0 Å². The second kappa shape index (κ2) is 7.04. The predicted molar refractivity (Wildman–Crippen MR) is 63.0 cm³/mol.